The quantitative estimate of drug-likeness (QED) is 0.519. The summed E-state index contributed by atoms with van der Waals surface area (Å²) in [7, 11) is 0. The van der Waals surface area contributed by atoms with Crippen molar-refractivity contribution >= 4 is 44.6 Å². The van der Waals surface area contributed by atoms with Gasteiger partial charge in [0.15, 0.2) is 0 Å². The molecule has 26 heavy (non-hydrogen) atoms. The molecule has 1 aliphatic heterocycles. The van der Waals surface area contributed by atoms with Crippen molar-refractivity contribution < 1.29 is 0 Å². The maximum Gasteiger partial charge on any atom is 0.135 e. The molecule has 3 nitrogen and oxygen atoms in total. The molecule has 0 saturated heterocycles. The van der Waals surface area contributed by atoms with E-state index < -0.39 is 0 Å². The van der Waals surface area contributed by atoms with Gasteiger partial charge in [-0.3, -0.25) is 0 Å². The fourth-order valence-corrected chi connectivity index (χ4v) is 4.96. The number of thioether (sulfide) groups is 1. The van der Waals surface area contributed by atoms with Gasteiger partial charge in [-0.2, -0.15) is 5.26 Å². The van der Waals surface area contributed by atoms with Gasteiger partial charge in [0.1, 0.15) is 11.1 Å². The SMILES string of the molecule is CCCN1C(=CC=C(C#N)c2nc3ccccc3s2)Sc2ccccc21. The number of rotatable bonds is 4. The topological polar surface area (TPSA) is 39.9 Å². The van der Waals surface area contributed by atoms with Crippen molar-refractivity contribution in [1.29, 1.82) is 5.26 Å². The van der Waals surface area contributed by atoms with Crippen molar-refractivity contribution in [3.05, 3.63) is 70.7 Å². The van der Waals surface area contributed by atoms with Crippen LogP contribution in [0.1, 0.15) is 18.4 Å². The lowest BCUT2D eigenvalue weighted by Crippen LogP contribution is -2.18. The minimum absolute atomic E-state index is 0.603. The standard InChI is InChI=1S/C21H17N3S2/c1-2-13-24-17-8-4-6-10-19(17)25-20(24)12-11-15(14-22)21-23-16-7-3-5-9-18(16)26-21/h3-12H,2,13H2,1H3. The summed E-state index contributed by atoms with van der Waals surface area (Å²) >= 11 is 3.31. The molecule has 0 spiro atoms. The van der Waals surface area contributed by atoms with Gasteiger partial charge in [0.05, 0.1) is 26.5 Å². The van der Waals surface area contributed by atoms with Crippen LogP contribution in [0.3, 0.4) is 0 Å². The molecule has 0 amide bonds. The molecule has 5 heteroatoms. The summed E-state index contributed by atoms with van der Waals surface area (Å²) in [6.07, 6.45) is 5.01. The predicted octanol–water partition coefficient (Wildman–Crippen LogP) is 6.07. The van der Waals surface area contributed by atoms with Gasteiger partial charge >= 0.3 is 0 Å². The number of aromatic nitrogens is 1. The average molecular weight is 376 g/mol. The highest BCUT2D eigenvalue weighted by atomic mass is 32.2. The summed E-state index contributed by atoms with van der Waals surface area (Å²) < 4.78 is 1.10. The van der Waals surface area contributed by atoms with Crippen molar-refractivity contribution in [2.75, 3.05) is 11.4 Å². The Labute approximate surface area is 161 Å². The van der Waals surface area contributed by atoms with E-state index in [1.807, 2.05) is 36.4 Å². The number of hydrogen-bond donors (Lipinski definition) is 0. The molecule has 4 rings (SSSR count). The zero-order valence-corrected chi connectivity index (χ0v) is 16.0. The summed E-state index contributed by atoms with van der Waals surface area (Å²) in [6, 6.07) is 18.7. The maximum atomic E-state index is 9.62. The first-order chi connectivity index (χ1) is 12.8. The Kier molecular flexibility index (Phi) is 4.79. The van der Waals surface area contributed by atoms with E-state index in [-0.39, 0.29) is 0 Å². The molecule has 1 aliphatic rings. The molecular weight excluding hydrogens is 358 g/mol. The third-order valence-electron chi connectivity index (χ3n) is 4.12. The average Bonchev–Trinajstić information content (AvgIpc) is 3.24. The highest BCUT2D eigenvalue weighted by molar-refractivity contribution is 8.03. The zero-order chi connectivity index (χ0) is 17.9. The molecular formula is C21H17N3S2. The van der Waals surface area contributed by atoms with Crippen LogP contribution >= 0.6 is 23.1 Å². The summed E-state index contributed by atoms with van der Waals surface area (Å²) in [5.41, 5.74) is 2.79. The molecule has 128 valence electrons. The van der Waals surface area contributed by atoms with Crippen LogP contribution in [0.5, 0.6) is 0 Å². The molecule has 3 aromatic rings. The van der Waals surface area contributed by atoms with Crippen LogP contribution in [0.2, 0.25) is 0 Å². The highest BCUT2D eigenvalue weighted by Gasteiger charge is 2.23. The molecule has 0 bridgehead atoms. The molecule has 0 saturated carbocycles. The fraction of sp³-hybridized carbons (Fsp3) is 0.143. The summed E-state index contributed by atoms with van der Waals surface area (Å²) in [6.45, 7) is 3.15. The normalized spacial score (nSPS) is 15.5. The number of fused-ring (bicyclic) bond motifs is 2. The van der Waals surface area contributed by atoms with Crippen LogP contribution in [-0.4, -0.2) is 11.5 Å². The number of nitriles is 1. The number of hydrogen-bond acceptors (Lipinski definition) is 5. The fourth-order valence-electron chi connectivity index (χ4n) is 2.93. The monoisotopic (exact) mass is 375 g/mol. The Balaban J connectivity index is 1.69. The minimum Gasteiger partial charge on any atom is -0.335 e. The number of anilines is 1. The van der Waals surface area contributed by atoms with Gasteiger partial charge in [0.2, 0.25) is 0 Å². The third-order valence-corrected chi connectivity index (χ3v) is 6.32. The Morgan fingerprint density at radius 2 is 2.00 bits per heavy atom. The predicted molar refractivity (Wildman–Crippen MR) is 111 cm³/mol. The van der Waals surface area contributed by atoms with Crippen LogP contribution in [-0.2, 0) is 0 Å². The lowest BCUT2D eigenvalue weighted by molar-refractivity contribution is 0.873. The number of allylic oxidation sites excluding steroid dienone is 3. The molecule has 0 unspecified atom stereocenters. The Morgan fingerprint density at radius 1 is 1.19 bits per heavy atom. The second-order valence-electron chi connectivity index (χ2n) is 5.91. The second kappa shape index (κ2) is 7.36. The first kappa shape index (κ1) is 16.9. The first-order valence-electron chi connectivity index (χ1n) is 8.52. The van der Waals surface area contributed by atoms with E-state index in [1.54, 1.807) is 23.1 Å². The Hall–Kier alpha value is -2.55. The van der Waals surface area contributed by atoms with E-state index in [9.17, 15) is 5.26 Å². The number of benzene rings is 2. The number of thiazole rings is 1. The van der Waals surface area contributed by atoms with E-state index in [0.29, 0.717) is 5.57 Å². The molecule has 1 aromatic heterocycles. The lowest BCUT2D eigenvalue weighted by Gasteiger charge is -2.19. The summed E-state index contributed by atoms with van der Waals surface area (Å²) in [5, 5.41) is 11.5. The van der Waals surface area contributed by atoms with E-state index in [2.05, 4.69) is 47.1 Å². The van der Waals surface area contributed by atoms with Gasteiger partial charge < -0.3 is 4.90 Å². The summed E-state index contributed by atoms with van der Waals surface area (Å²) in [4.78, 5) is 8.19. The van der Waals surface area contributed by atoms with Gasteiger partial charge in [-0.15, -0.1) is 11.3 Å². The van der Waals surface area contributed by atoms with Gasteiger partial charge in [-0.25, -0.2) is 4.98 Å². The first-order valence-corrected chi connectivity index (χ1v) is 10.2. The molecule has 0 fully saturated rings. The van der Waals surface area contributed by atoms with E-state index >= 15 is 0 Å². The van der Waals surface area contributed by atoms with Crippen molar-refractivity contribution in [2.24, 2.45) is 0 Å². The largest absolute Gasteiger partial charge is 0.335 e. The molecule has 0 aliphatic carbocycles. The molecule has 2 aromatic carbocycles. The second-order valence-corrected chi connectivity index (χ2v) is 8.00. The maximum absolute atomic E-state index is 9.62. The van der Waals surface area contributed by atoms with Crippen LogP contribution in [0.4, 0.5) is 5.69 Å². The van der Waals surface area contributed by atoms with Crippen LogP contribution in [0.25, 0.3) is 15.8 Å². The molecule has 0 N–H and O–H groups in total. The third kappa shape index (κ3) is 3.14. The number of nitrogens with zero attached hydrogens (tertiary/aromatic N) is 3. The van der Waals surface area contributed by atoms with Crippen molar-refractivity contribution in [1.82, 2.24) is 4.98 Å². The van der Waals surface area contributed by atoms with Crippen LogP contribution < -0.4 is 4.90 Å². The molecule has 0 atom stereocenters. The van der Waals surface area contributed by atoms with Crippen molar-refractivity contribution in [3.63, 3.8) is 0 Å². The van der Waals surface area contributed by atoms with Gasteiger partial charge in [0.25, 0.3) is 0 Å². The highest BCUT2D eigenvalue weighted by Crippen LogP contribution is 2.45. The van der Waals surface area contributed by atoms with E-state index in [0.717, 1.165) is 33.2 Å². The summed E-state index contributed by atoms with van der Waals surface area (Å²) in [5.74, 6) is 0. The Bertz CT molecular complexity index is 1020. The van der Waals surface area contributed by atoms with E-state index in [4.69, 9.17) is 0 Å². The van der Waals surface area contributed by atoms with Crippen molar-refractivity contribution in [2.45, 2.75) is 18.2 Å². The zero-order valence-electron chi connectivity index (χ0n) is 14.3. The lowest BCUT2D eigenvalue weighted by atomic mass is 10.2. The van der Waals surface area contributed by atoms with Gasteiger partial charge in [-0.05, 0) is 42.8 Å². The molecule has 0 radical (unpaired) electrons. The van der Waals surface area contributed by atoms with Crippen LogP contribution in [0.15, 0.2) is 70.6 Å². The van der Waals surface area contributed by atoms with Crippen LogP contribution in [0, 0.1) is 11.3 Å². The van der Waals surface area contributed by atoms with E-state index in [1.165, 1.54) is 10.6 Å². The number of para-hydroxylation sites is 2. The Morgan fingerprint density at radius 3 is 2.81 bits per heavy atom. The van der Waals surface area contributed by atoms with Crippen molar-refractivity contribution in [3.8, 4) is 6.07 Å². The van der Waals surface area contributed by atoms with Gasteiger partial charge in [-0.1, -0.05) is 43.0 Å². The smallest absolute Gasteiger partial charge is 0.135 e. The minimum atomic E-state index is 0.603. The molecule has 2 heterocycles. The van der Waals surface area contributed by atoms with Gasteiger partial charge in [0, 0.05) is 11.4 Å².